The molecule has 2 aromatic carbocycles. The highest BCUT2D eigenvalue weighted by molar-refractivity contribution is 5.80. The maximum atomic E-state index is 5.44. The highest BCUT2D eigenvalue weighted by Gasteiger charge is 2.16. The Balaban J connectivity index is 1.49. The van der Waals surface area contributed by atoms with Crippen LogP contribution in [0.2, 0.25) is 0 Å². The molecule has 9 nitrogen and oxygen atoms in total. The van der Waals surface area contributed by atoms with E-state index >= 15 is 0 Å². The van der Waals surface area contributed by atoms with Crippen LogP contribution in [0.15, 0.2) is 59.7 Å². The van der Waals surface area contributed by atoms with E-state index in [1.807, 2.05) is 42.5 Å². The molecular weight excluding hydrogens is 394 g/mol. The number of anilines is 3. The molecule has 0 aliphatic carbocycles. The highest BCUT2D eigenvalue weighted by Crippen LogP contribution is 2.16. The Bertz CT molecular complexity index is 991. The van der Waals surface area contributed by atoms with E-state index in [9.17, 15) is 0 Å². The molecule has 160 valence electrons. The molecule has 1 aliphatic heterocycles. The zero-order chi connectivity index (χ0) is 21.3. The summed E-state index contributed by atoms with van der Waals surface area (Å²) in [6.45, 7) is 3.38. The zero-order valence-corrected chi connectivity index (χ0v) is 17.4. The van der Waals surface area contributed by atoms with Crippen molar-refractivity contribution in [3.63, 3.8) is 0 Å². The van der Waals surface area contributed by atoms with Crippen molar-refractivity contribution in [1.82, 2.24) is 15.0 Å². The molecule has 0 bridgehead atoms. The van der Waals surface area contributed by atoms with Gasteiger partial charge in [0, 0.05) is 19.6 Å². The predicted molar refractivity (Wildman–Crippen MR) is 121 cm³/mol. The molecule has 9 heteroatoms. The second-order valence-corrected chi connectivity index (χ2v) is 6.86. The third-order valence-corrected chi connectivity index (χ3v) is 4.70. The second kappa shape index (κ2) is 10.4. The minimum absolute atomic E-state index is 0.372. The van der Waals surface area contributed by atoms with E-state index in [0.717, 1.165) is 30.0 Å². The van der Waals surface area contributed by atoms with Crippen LogP contribution in [0.3, 0.4) is 0 Å². The van der Waals surface area contributed by atoms with Gasteiger partial charge < -0.3 is 19.7 Å². The van der Waals surface area contributed by atoms with Crippen LogP contribution in [0, 0.1) is 0 Å². The van der Waals surface area contributed by atoms with Gasteiger partial charge in [-0.3, -0.25) is 0 Å². The van der Waals surface area contributed by atoms with E-state index in [1.54, 1.807) is 13.3 Å². The molecule has 0 radical (unpaired) electrons. The Morgan fingerprint density at radius 3 is 2.48 bits per heavy atom. The van der Waals surface area contributed by atoms with Gasteiger partial charge in [-0.1, -0.05) is 30.3 Å². The molecule has 1 fully saturated rings. The molecule has 4 rings (SSSR count). The largest absolute Gasteiger partial charge is 0.497 e. The number of benzene rings is 2. The molecular formula is C22H25N7O2. The van der Waals surface area contributed by atoms with Crippen LogP contribution in [-0.2, 0) is 11.3 Å². The lowest BCUT2D eigenvalue weighted by atomic mass is 10.2. The number of ether oxygens (including phenoxy) is 2. The first-order valence-electron chi connectivity index (χ1n) is 10.1. The van der Waals surface area contributed by atoms with Gasteiger partial charge in [-0.15, -0.1) is 0 Å². The highest BCUT2D eigenvalue weighted by atomic mass is 16.5. The van der Waals surface area contributed by atoms with Crippen molar-refractivity contribution < 1.29 is 9.47 Å². The molecule has 0 saturated carbocycles. The van der Waals surface area contributed by atoms with E-state index in [4.69, 9.17) is 9.47 Å². The van der Waals surface area contributed by atoms with Crippen molar-refractivity contribution >= 4 is 24.1 Å². The van der Waals surface area contributed by atoms with Gasteiger partial charge in [-0.25, -0.2) is 5.43 Å². The number of methoxy groups -OCH3 is 1. The smallest absolute Gasteiger partial charge is 0.250 e. The monoisotopic (exact) mass is 419 g/mol. The molecule has 1 aliphatic rings. The number of hydrogen-bond donors (Lipinski definition) is 2. The van der Waals surface area contributed by atoms with Gasteiger partial charge in [0.1, 0.15) is 5.75 Å². The van der Waals surface area contributed by atoms with Crippen LogP contribution in [0.25, 0.3) is 0 Å². The van der Waals surface area contributed by atoms with Gasteiger partial charge in [0.2, 0.25) is 17.8 Å². The van der Waals surface area contributed by atoms with Crippen LogP contribution in [0.5, 0.6) is 5.75 Å². The normalized spacial score (nSPS) is 13.9. The van der Waals surface area contributed by atoms with Crippen LogP contribution >= 0.6 is 0 Å². The number of nitrogens with zero attached hydrogens (tertiary/aromatic N) is 5. The van der Waals surface area contributed by atoms with Crippen molar-refractivity contribution in [2.45, 2.75) is 6.54 Å². The first kappa shape index (κ1) is 20.5. The number of hydrogen-bond acceptors (Lipinski definition) is 9. The number of rotatable bonds is 8. The number of morpholine rings is 1. The van der Waals surface area contributed by atoms with Crippen LogP contribution < -0.4 is 20.4 Å². The van der Waals surface area contributed by atoms with Gasteiger partial charge in [-0.05, 0) is 35.4 Å². The fourth-order valence-corrected chi connectivity index (χ4v) is 3.03. The van der Waals surface area contributed by atoms with Crippen LogP contribution in [0.4, 0.5) is 17.8 Å². The molecule has 0 spiro atoms. The van der Waals surface area contributed by atoms with Crippen LogP contribution in [-0.4, -0.2) is 54.6 Å². The summed E-state index contributed by atoms with van der Waals surface area (Å²) in [4.78, 5) is 15.7. The fourth-order valence-electron chi connectivity index (χ4n) is 3.03. The van der Waals surface area contributed by atoms with E-state index in [1.165, 1.54) is 0 Å². The Hall–Kier alpha value is -3.72. The fraction of sp³-hybridized carbons (Fsp3) is 0.273. The Morgan fingerprint density at radius 1 is 1.00 bits per heavy atom. The van der Waals surface area contributed by atoms with E-state index < -0.39 is 0 Å². The molecule has 0 atom stereocenters. The lowest BCUT2D eigenvalue weighted by Gasteiger charge is -2.27. The van der Waals surface area contributed by atoms with E-state index in [2.05, 4.69) is 47.8 Å². The summed E-state index contributed by atoms with van der Waals surface area (Å²) in [5, 5.41) is 7.55. The van der Waals surface area contributed by atoms with Crippen molar-refractivity contribution in [2.75, 3.05) is 49.1 Å². The third-order valence-electron chi connectivity index (χ3n) is 4.70. The molecule has 2 heterocycles. The lowest BCUT2D eigenvalue weighted by Crippen LogP contribution is -2.37. The first-order chi connectivity index (χ1) is 15.3. The Morgan fingerprint density at radius 2 is 1.74 bits per heavy atom. The molecule has 1 saturated heterocycles. The maximum Gasteiger partial charge on any atom is 0.250 e. The summed E-state index contributed by atoms with van der Waals surface area (Å²) < 4.78 is 10.6. The van der Waals surface area contributed by atoms with Crippen molar-refractivity contribution in [3.05, 3.63) is 65.7 Å². The van der Waals surface area contributed by atoms with Crippen molar-refractivity contribution in [2.24, 2.45) is 5.10 Å². The van der Waals surface area contributed by atoms with Gasteiger partial charge >= 0.3 is 0 Å². The number of hydrazone groups is 1. The molecule has 1 aromatic heterocycles. The van der Waals surface area contributed by atoms with Gasteiger partial charge in [0.15, 0.2) is 0 Å². The van der Waals surface area contributed by atoms with Gasteiger partial charge in [0.05, 0.1) is 26.5 Å². The van der Waals surface area contributed by atoms with Gasteiger partial charge in [0.25, 0.3) is 0 Å². The summed E-state index contributed by atoms with van der Waals surface area (Å²) in [6.07, 6.45) is 1.70. The van der Waals surface area contributed by atoms with Crippen LogP contribution in [0.1, 0.15) is 11.1 Å². The molecule has 31 heavy (non-hydrogen) atoms. The average Bonchev–Trinajstić information content (AvgIpc) is 2.84. The summed E-state index contributed by atoms with van der Waals surface area (Å²) in [6, 6.07) is 17.7. The minimum atomic E-state index is 0.372. The molecule has 0 amide bonds. The lowest BCUT2D eigenvalue weighted by molar-refractivity contribution is 0.122. The quantitative estimate of drug-likeness (QED) is 0.425. The second-order valence-electron chi connectivity index (χ2n) is 6.86. The average molecular weight is 419 g/mol. The first-order valence-corrected chi connectivity index (χ1v) is 10.1. The molecule has 2 N–H and O–H groups in total. The molecule has 3 aromatic rings. The summed E-state index contributed by atoms with van der Waals surface area (Å²) in [5.74, 6) is 2.25. The molecule has 0 unspecified atom stereocenters. The minimum Gasteiger partial charge on any atom is -0.497 e. The van der Waals surface area contributed by atoms with E-state index in [0.29, 0.717) is 37.6 Å². The van der Waals surface area contributed by atoms with E-state index in [-0.39, 0.29) is 0 Å². The number of aromatic nitrogens is 3. The van der Waals surface area contributed by atoms with Crippen molar-refractivity contribution in [3.8, 4) is 5.75 Å². The number of nitrogens with one attached hydrogen (secondary N) is 2. The summed E-state index contributed by atoms with van der Waals surface area (Å²) in [5.41, 5.74) is 4.99. The van der Waals surface area contributed by atoms with Crippen molar-refractivity contribution in [1.29, 1.82) is 0 Å². The standard InChI is InChI=1S/C22H25N7O2/c1-30-19-9-7-18(8-10-19)16-24-28-21-25-20(23-15-17-5-3-2-4-6-17)26-22(27-21)29-11-13-31-14-12-29/h2-10,16H,11-15H2,1H3,(H2,23,25,26,27,28). The SMILES string of the molecule is COc1ccc(C=NNc2nc(NCc3ccccc3)nc(N3CCOCC3)n2)cc1. The zero-order valence-electron chi connectivity index (χ0n) is 17.4. The Labute approximate surface area is 181 Å². The third kappa shape index (κ3) is 5.89. The topological polar surface area (TPSA) is 96.8 Å². The summed E-state index contributed by atoms with van der Waals surface area (Å²) in [7, 11) is 1.64. The maximum absolute atomic E-state index is 5.44. The predicted octanol–water partition coefficient (Wildman–Crippen LogP) is 2.77. The summed E-state index contributed by atoms with van der Waals surface area (Å²) >= 11 is 0. The Kier molecular flexibility index (Phi) is 6.86. The van der Waals surface area contributed by atoms with Gasteiger partial charge in [-0.2, -0.15) is 20.1 Å².